The van der Waals surface area contributed by atoms with Crippen LogP contribution in [0.2, 0.25) is 0 Å². The van der Waals surface area contributed by atoms with Crippen molar-refractivity contribution >= 4 is 7.82 Å². The fraction of sp³-hybridized carbons (Fsp3) is 1.00. The van der Waals surface area contributed by atoms with Crippen molar-refractivity contribution in [1.82, 2.24) is 4.90 Å². The zero-order chi connectivity index (χ0) is 22.8. The first-order chi connectivity index (χ1) is 15.0. The number of unbranched alkanes of at least 4 members (excludes halogenated alkanes) is 6. The third kappa shape index (κ3) is 14.8. The average molecular weight is 462 g/mol. The molecule has 1 unspecified atom stereocenters. The van der Waals surface area contributed by atoms with Gasteiger partial charge in [0, 0.05) is 13.7 Å². The minimum Gasteiger partial charge on any atom is -0.307 e. The number of nitrogens with zero attached hydrogens (tertiary/aromatic N) is 1. The van der Waals surface area contributed by atoms with Crippen LogP contribution in [0, 0.1) is 11.8 Å². The molecule has 0 spiro atoms. The van der Waals surface area contributed by atoms with Crippen molar-refractivity contribution in [3.63, 3.8) is 0 Å². The zero-order valence-electron chi connectivity index (χ0n) is 21.1. The van der Waals surface area contributed by atoms with E-state index in [9.17, 15) is 4.57 Å². The maximum absolute atomic E-state index is 12.5. The molecule has 5 nitrogen and oxygen atoms in total. The van der Waals surface area contributed by atoms with Crippen LogP contribution < -0.4 is 0 Å². The Bertz CT molecular complexity index is 455. The minimum atomic E-state index is -3.39. The van der Waals surface area contributed by atoms with Gasteiger partial charge in [-0.05, 0) is 44.7 Å². The fourth-order valence-corrected chi connectivity index (χ4v) is 5.55. The van der Waals surface area contributed by atoms with E-state index in [2.05, 4.69) is 25.8 Å². The highest BCUT2D eigenvalue weighted by Gasteiger charge is 2.25. The highest BCUT2D eigenvalue weighted by Crippen LogP contribution is 2.48. The molecule has 1 atom stereocenters. The van der Waals surface area contributed by atoms with Gasteiger partial charge in [-0.15, -0.1) is 0 Å². The van der Waals surface area contributed by atoms with Gasteiger partial charge in [-0.25, -0.2) is 4.57 Å². The molecule has 0 aliphatic heterocycles. The molecule has 31 heavy (non-hydrogen) atoms. The number of rotatable bonds is 20. The molecule has 1 saturated carbocycles. The third-order valence-corrected chi connectivity index (χ3v) is 8.33. The zero-order valence-corrected chi connectivity index (χ0v) is 22.0. The first-order valence-electron chi connectivity index (χ1n) is 13.2. The molecule has 186 valence electrons. The van der Waals surface area contributed by atoms with E-state index in [1.54, 1.807) is 0 Å². The van der Waals surface area contributed by atoms with Gasteiger partial charge < -0.3 is 4.90 Å². The first kappa shape index (κ1) is 29.1. The molecule has 0 aromatic heterocycles. The highest BCUT2D eigenvalue weighted by atomic mass is 31.2. The van der Waals surface area contributed by atoms with Gasteiger partial charge >= 0.3 is 7.82 Å². The molecule has 0 aromatic carbocycles. The lowest BCUT2D eigenvalue weighted by Crippen LogP contribution is -2.20. The molecule has 0 radical (unpaired) electrons. The van der Waals surface area contributed by atoms with Crippen LogP contribution in [0.4, 0.5) is 0 Å². The van der Waals surface area contributed by atoms with Crippen molar-refractivity contribution < 1.29 is 18.1 Å². The first-order valence-corrected chi connectivity index (χ1v) is 14.6. The van der Waals surface area contributed by atoms with Crippen molar-refractivity contribution in [2.75, 3.05) is 40.5 Å². The van der Waals surface area contributed by atoms with E-state index in [1.165, 1.54) is 84.2 Å². The van der Waals surface area contributed by atoms with Gasteiger partial charge in [-0.1, -0.05) is 90.9 Å². The van der Waals surface area contributed by atoms with E-state index in [4.69, 9.17) is 13.6 Å². The normalized spacial score (nSPS) is 21.5. The summed E-state index contributed by atoms with van der Waals surface area (Å²) in [5.41, 5.74) is 0. The van der Waals surface area contributed by atoms with Gasteiger partial charge in [0.2, 0.25) is 0 Å². The number of hydrogen-bond acceptors (Lipinski definition) is 5. The lowest BCUT2D eigenvalue weighted by molar-refractivity contribution is 0.122. The molecule has 0 N–H and O–H groups in total. The lowest BCUT2D eigenvalue weighted by Gasteiger charge is -2.28. The Labute approximate surface area is 193 Å². The SMILES string of the molecule is CCCCCCCCCC1CCC(CCCOP(=O)(OC)OCCCN(C)CC)CC1. The maximum atomic E-state index is 12.5. The van der Waals surface area contributed by atoms with Gasteiger partial charge in [-0.2, -0.15) is 0 Å². The average Bonchev–Trinajstić information content (AvgIpc) is 2.79. The van der Waals surface area contributed by atoms with E-state index >= 15 is 0 Å². The van der Waals surface area contributed by atoms with E-state index < -0.39 is 7.82 Å². The molecule has 0 heterocycles. The molecule has 1 fully saturated rings. The summed E-state index contributed by atoms with van der Waals surface area (Å²) in [6, 6.07) is 0. The Morgan fingerprint density at radius 1 is 0.774 bits per heavy atom. The van der Waals surface area contributed by atoms with E-state index in [1.807, 2.05) is 0 Å². The Kier molecular flexibility index (Phi) is 17.4. The largest absolute Gasteiger partial charge is 0.474 e. The summed E-state index contributed by atoms with van der Waals surface area (Å²) in [5, 5.41) is 0. The van der Waals surface area contributed by atoms with Crippen LogP contribution >= 0.6 is 7.82 Å². The number of phosphoric acid groups is 1. The quantitative estimate of drug-likeness (QED) is 0.136. The van der Waals surface area contributed by atoms with Crippen LogP contribution in [0.5, 0.6) is 0 Å². The van der Waals surface area contributed by atoms with Gasteiger partial charge in [0.1, 0.15) is 0 Å². The van der Waals surface area contributed by atoms with Crippen molar-refractivity contribution in [3.8, 4) is 0 Å². The van der Waals surface area contributed by atoms with Crippen molar-refractivity contribution in [1.29, 1.82) is 0 Å². The van der Waals surface area contributed by atoms with Gasteiger partial charge in [-0.3, -0.25) is 13.6 Å². The summed E-state index contributed by atoms with van der Waals surface area (Å²) in [6.07, 6.45) is 19.7. The van der Waals surface area contributed by atoms with E-state index in [0.717, 1.165) is 44.2 Å². The van der Waals surface area contributed by atoms with Crippen molar-refractivity contribution in [3.05, 3.63) is 0 Å². The second-order valence-corrected chi connectivity index (χ2v) is 11.3. The predicted molar refractivity (Wildman–Crippen MR) is 132 cm³/mol. The Hall–Kier alpha value is 0.0700. The Morgan fingerprint density at radius 3 is 1.84 bits per heavy atom. The van der Waals surface area contributed by atoms with Crippen LogP contribution in [0.3, 0.4) is 0 Å². The molecular formula is C25H52NO4P. The van der Waals surface area contributed by atoms with Crippen LogP contribution in [-0.2, 0) is 18.1 Å². The van der Waals surface area contributed by atoms with Crippen LogP contribution in [-0.4, -0.2) is 45.4 Å². The molecule has 1 aliphatic carbocycles. The second-order valence-electron chi connectivity index (χ2n) is 9.48. The maximum Gasteiger partial charge on any atom is 0.474 e. The summed E-state index contributed by atoms with van der Waals surface area (Å²) in [6.45, 7) is 7.18. The van der Waals surface area contributed by atoms with Crippen LogP contribution in [0.1, 0.15) is 110 Å². The summed E-state index contributed by atoms with van der Waals surface area (Å²) in [5.74, 6) is 1.76. The molecule has 0 aromatic rings. The molecule has 6 heteroatoms. The predicted octanol–water partition coefficient (Wildman–Crippen LogP) is 7.84. The lowest BCUT2D eigenvalue weighted by atomic mass is 9.78. The number of hydrogen-bond donors (Lipinski definition) is 0. The fourth-order valence-electron chi connectivity index (χ4n) is 4.56. The highest BCUT2D eigenvalue weighted by molar-refractivity contribution is 7.48. The molecule has 1 rings (SSSR count). The third-order valence-electron chi connectivity index (χ3n) is 6.89. The summed E-state index contributed by atoms with van der Waals surface area (Å²) in [7, 11) is 0.0812. The van der Waals surface area contributed by atoms with Crippen LogP contribution in [0.25, 0.3) is 0 Å². The molecule has 0 bridgehead atoms. The van der Waals surface area contributed by atoms with Gasteiger partial charge in [0.05, 0.1) is 13.2 Å². The topological polar surface area (TPSA) is 48.0 Å². The van der Waals surface area contributed by atoms with Crippen LogP contribution in [0.15, 0.2) is 0 Å². The van der Waals surface area contributed by atoms with Gasteiger partial charge in [0.15, 0.2) is 0 Å². The van der Waals surface area contributed by atoms with E-state index in [-0.39, 0.29) is 0 Å². The molecule has 0 amide bonds. The smallest absolute Gasteiger partial charge is 0.307 e. The monoisotopic (exact) mass is 461 g/mol. The van der Waals surface area contributed by atoms with Crippen molar-refractivity contribution in [2.24, 2.45) is 11.8 Å². The minimum absolute atomic E-state index is 0.401. The summed E-state index contributed by atoms with van der Waals surface area (Å²) < 4.78 is 28.5. The molecule has 0 saturated heterocycles. The van der Waals surface area contributed by atoms with Gasteiger partial charge in [0.25, 0.3) is 0 Å². The summed E-state index contributed by atoms with van der Waals surface area (Å²) >= 11 is 0. The van der Waals surface area contributed by atoms with E-state index in [0.29, 0.717) is 13.2 Å². The summed E-state index contributed by atoms with van der Waals surface area (Å²) in [4.78, 5) is 2.20. The standard InChI is InChI=1S/C25H52NO4P/c1-5-7-8-9-10-11-12-15-24-17-19-25(20-18-24)16-13-22-29-31(27,28-4)30-23-14-21-26(3)6-2/h24-25H,5-23H2,1-4H3. The molecular weight excluding hydrogens is 409 g/mol. The second kappa shape index (κ2) is 18.5. The Balaban J connectivity index is 2.04. The van der Waals surface area contributed by atoms with Crippen molar-refractivity contribution in [2.45, 2.75) is 110 Å². The molecule has 1 aliphatic rings. The number of phosphoric ester groups is 1. The Morgan fingerprint density at radius 2 is 1.29 bits per heavy atom.